The molecule has 6 heteroatoms. The molecule has 1 aromatic carbocycles. The van der Waals surface area contributed by atoms with Gasteiger partial charge in [0, 0.05) is 36.2 Å². The Labute approximate surface area is 139 Å². The quantitative estimate of drug-likeness (QED) is 0.845. The molecule has 0 aliphatic rings. The number of fused-ring (bicyclic) bond motifs is 1. The van der Waals surface area contributed by atoms with Gasteiger partial charge in [0.15, 0.2) is 0 Å². The molecule has 0 saturated carbocycles. The highest BCUT2D eigenvalue weighted by molar-refractivity contribution is 6.31. The summed E-state index contributed by atoms with van der Waals surface area (Å²) in [6, 6.07) is 7.12. The fourth-order valence-corrected chi connectivity index (χ4v) is 2.71. The van der Waals surface area contributed by atoms with Gasteiger partial charge in [-0.05, 0) is 32.0 Å². The van der Waals surface area contributed by atoms with Crippen LogP contribution in [0.15, 0.2) is 29.2 Å². The number of aromatic nitrogens is 1. The third-order valence-corrected chi connectivity index (χ3v) is 4.01. The number of hydrogen-bond donors (Lipinski definition) is 0. The lowest BCUT2D eigenvalue weighted by atomic mass is 10.1. The van der Waals surface area contributed by atoms with Crippen LogP contribution < -0.4 is 5.43 Å². The summed E-state index contributed by atoms with van der Waals surface area (Å²) in [5.74, 6) is -0.350. The maximum absolute atomic E-state index is 12.7. The number of nitrogens with zero attached hydrogens (tertiary/aromatic N) is 3. The zero-order chi connectivity index (χ0) is 17.0. The zero-order valence-electron chi connectivity index (χ0n) is 13.2. The van der Waals surface area contributed by atoms with Gasteiger partial charge < -0.3 is 9.47 Å². The minimum Gasteiger partial charge on any atom is -0.347 e. The lowest BCUT2D eigenvalue weighted by molar-refractivity contribution is 0.0766. The lowest BCUT2D eigenvalue weighted by Crippen LogP contribution is -2.35. The molecule has 0 atom stereocenters. The molecule has 0 fully saturated rings. The highest BCUT2D eigenvalue weighted by atomic mass is 35.5. The number of carbonyl (C=O) groups is 1. The fraction of sp³-hybridized carbons (Fsp3) is 0.353. The highest BCUT2D eigenvalue weighted by Gasteiger charge is 2.20. The van der Waals surface area contributed by atoms with E-state index in [1.807, 2.05) is 24.5 Å². The van der Waals surface area contributed by atoms with Gasteiger partial charge in [-0.3, -0.25) is 9.59 Å². The summed E-state index contributed by atoms with van der Waals surface area (Å²) in [5, 5.41) is 9.59. The third kappa shape index (κ3) is 3.38. The number of hydrogen-bond acceptors (Lipinski definition) is 3. The van der Waals surface area contributed by atoms with Gasteiger partial charge in [-0.25, -0.2) is 0 Å². The van der Waals surface area contributed by atoms with Gasteiger partial charge in [0.05, 0.1) is 18.0 Å². The number of rotatable bonds is 5. The van der Waals surface area contributed by atoms with Gasteiger partial charge in [0.1, 0.15) is 5.56 Å². The van der Waals surface area contributed by atoms with Crippen LogP contribution in [0.4, 0.5) is 0 Å². The standard InChI is InChI=1S/C17H18ClN3O2/c1-3-20(9-5-8-19)17(23)14-11-21(4-2)15-7-6-12(18)10-13(15)16(14)22/h6-7,10-11H,3-5,9H2,1-2H3. The molecule has 120 valence electrons. The second kappa shape index (κ2) is 7.30. The molecule has 1 aromatic heterocycles. The summed E-state index contributed by atoms with van der Waals surface area (Å²) in [7, 11) is 0. The molecule has 2 rings (SSSR count). The van der Waals surface area contributed by atoms with Gasteiger partial charge in [-0.15, -0.1) is 0 Å². The predicted octanol–water partition coefficient (Wildman–Crippen LogP) is 3.05. The first-order chi connectivity index (χ1) is 11.0. The Kier molecular flexibility index (Phi) is 5.41. The van der Waals surface area contributed by atoms with E-state index in [1.165, 1.54) is 4.90 Å². The molecule has 0 aliphatic carbocycles. The monoisotopic (exact) mass is 331 g/mol. The number of benzene rings is 1. The minimum absolute atomic E-state index is 0.112. The molecule has 0 N–H and O–H groups in total. The van der Waals surface area contributed by atoms with Crippen molar-refractivity contribution in [2.45, 2.75) is 26.8 Å². The van der Waals surface area contributed by atoms with Crippen LogP contribution in [0.5, 0.6) is 0 Å². The van der Waals surface area contributed by atoms with Gasteiger partial charge >= 0.3 is 0 Å². The molecule has 0 saturated heterocycles. The van der Waals surface area contributed by atoms with E-state index < -0.39 is 0 Å². The average molecular weight is 332 g/mol. The van der Waals surface area contributed by atoms with E-state index in [9.17, 15) is 9.59 Å². The molecular weight excluding hydrogens is 314 g/mol. The van der Waals surface area contributed by atoms with Crippen LogP contribution in [0.2, 0.25) is 5.02 Å². The van der Waals surface area contributed by atoms with Crippen LogP contribution in [0.1, 0.15) is 30.6 Å². The topological polar surface area (TPSA) is 66.1 Å². The van der Waals surface area contributed by atoms with Crippen molar-refractivity contribution >= 4 is 28.4 Å². The number of halogens is 1. The maximum atomic E-state index is 12.7. The Morgan fingerprint density at radius 3 is 2.74 bits per heavy atom. The van der Waals surface area contributed by atoms with Crippen molar-refractivity contribution < 1.29 is 4.79 Å². The van der Waals surface area contributed by atoms with Crippen LogP contribution in [0, 0.1) is 11.3 Å². The largest absolute Gasteiger partial charge is 0.347 e. The summed E-state index contributed by atoms with van der Waals surface area (Å²) in [6.07, 6.45) is 1.83. The van der Waals surface area contributed by atoms with Gasteiger partial charge in [0.25, 0.3) is 5.91 Å². The molecule has 0 bridgehead atoms. The van der Waals surface area contributed by atoms with Crippen LogP contribution in [0.3, 0.4) is 0 Å². The highest BCUT2D eigenvalue weighted by Crippen LogP contribution is 2.18. The van der Waals surface area contributed by atoms with E-state index in [0.29, 0.717) is 30.0 Å². The van der Waals surface area contributed by atoms with Crippen molar-refractivity contribution in [2.75, 3.05) is 13.1 Å². The summed E-state index contributed by atoms with van der Waals surface area (Å²) < 4.78 is 1.86. The second-order valence-electron chi connectivity index (χ2n) is 5.11. The smallest absolute Gasteiger partial charge is 0.259 e. The van der Waals surface area contributed by atoms with E-state index in [-0.39, 0.29) is 23.3 Å². The van der Waals surface area contributed by atoms with Crippen LogP contribution in [-0.2, 0) is 6.54 Å². The SMILES string of the molecule is CCN(CCC#N)C(=O)c1cn(CC)c2ccc(Cl)cc2c1=O. The molecule has 1 amide bonds. The Hall–Kier alpha value is -2.32. The van der Waals surface area contributed by atoms with Gasteiger partial charge in [-0.2, -0.15) is 5.26 Å². The average Bonchev–Trinajstić information content (AvgIpc) is 2.56. The predicted molar refractivity (Wildman–Crippen MR) is 90.7 cm³/mol. The van der Waals surface area contributed by atoms with E-state index in [4.69, 9.17) is 16.9 Å². The Balaban J connectivity index is 2.61. The van der Waals surface area contributed by atoms with E-state index >= 15 is 0 Å². The fourth-order valence-electron chi connectivity index (χ4n) is 2.54. The molecule has 23 heavy (non-hydrogen) atoms. The van der Waals surface area contributed by atoms with Crippen molar-refractivity contribution in [1.29, 1.82) is 5.26 Å². The van der Waals surface area contributed by atoms with E-state index in [1.54, 1.807) is 24.4 Å². The van der Waals surface area contributed by atoms with Gasteiger partial charge in [0.2, 0.25) is 5.43 Å². The number of pyridine rings is 1. The van der Waals surface area contributed by atoms with Crippen LogP contribution in [0.25, 0.3) is 10.9 Å². The molecule has 0 radical (unpaired) electrons. The molecule has 2 aromatic rings. The molecule has 5 nitrogen and oxygen atoms in total. The maximum Gasteiger partial charge on any atom is 0.259 e. The Morgan fingerprint density at radius 2 is 2.13 bits per heavy atom. The third-order valence-electron chi connectivity index (χ3n) is 3.78. The number of nitriles is 1. The molecule has 0 unspecified atom stereocenters. The first kappa shape index (κ1) is 17.0. The van der Waals surface area contributed by atoms with Crippen molar-refractivity contribution in [3.8, 4) is 6.07 Å². The summed E-state index contributed by atoms with van der Waals surface area (Å²) in [5.41, 5.74) is 0.535. The van der Waals surface area contributed by atoms with Crippen LogP contribution in [-0.4, -0.2) is 28.5 Å². The van der Waals surface area contributed by atoms with Crippen molar-refractivity contribution in [1.82, 2.24) is 9.47 Å². The normalized spacial score (nSPS) is 10.5. The first-order valence-corrected chi connectivity index (χ1v) is 7.90. The van der Waals surface area contributed by atoms with Crippen molar-refractivity contribution in [3.05, 3.63) is 45.2 Å². The van der Waals surface area contributed by atoms with Gasteiger partial charge in [-0.1, -0.05) is 11.6 Å². The summed E-state index contributed by atoms with van der Waals surface area (Å²) >= 11 is 6.00. The van der Waals surface area contributed by atoms with Crippen LogP contribution >= 0.6 is 11.6 Å². The molecular formula is C17H18ClN3O2. The Bertz CT molecular complexity index is 836. The van der Waals surface area contributed by atoms with E-state index in [0.717, 1.165) is 5.52 Å². The molecule has 0 spiro atoms. The van der Waals surface area contributed by atoms with Crippen molar-refractivity contribution in [2.24, 2.45) is 0 Å². The number of aryl methyl sites for hydroxylation is 1. The molecule has 0 aliphatic heterocycles. The Morgan fingerprint density at radius 1 is 1.39 bits per heavy atom. The first-order valence-electron chi connectivity index (χ1n) is 7.52. The minimum atomic E-state index is -0.350. The zero-order valence-corrected chi connectivity index (χ0v) is 13.9. The second-order valence-corrected chi connectivity index (χ2v) is 5.55. The van der Waals surface area contributed by atoms with Crippen molar-refractivity contribution in [3.63, 3.8) is 0 Å². The molecule has 1 heterocycles. The lowest BCUT2D eigenvalue weighted by Gasteiger charge is -2.20. The number of carbonyl (C=O) groups excluding carboxylic acids is 1. The summed E-state index contributed by atoms with van der Waals surface area (Å²) in [4.78, 5) is 26.9. The summed E-state index contributed by atoms with van der Waals surface area (Å²) in [6.45, 7) is 5.15. The number of amides is 1. The van der Waals surface area contributed by atoms with E-state index in [2.05, 4.69) is 0 Å².